The van der Waals surface area contributed by atoms with Crippen molar-refractivity contribution in [2.45, 2.75) is 46.0 Å². The Bertz CT molecular complexity index is 608. The zero-order chi connectivity index (χ0) is 15.9. The van der Waals surface area contributed by atoms with Crippen LogP contribution in [0.1, 0.15) is 42.8 Å². The van der Waals surface area contributed by atoms with Crippen LogP contribution in [0.2, 0.25) is 0 Å². The highest BCUT2D eigenvalue weighted by molar-refractivity contribution is 5.88. The van der Waals surface area contributed by atoms with Crippen molar-refractivity contribution in [2.24, 2.45) is 0 Å². The molecule has 0 saturated heterocycles. The Morgan fingerprint density at radius 3 is 2.64 bits per heavy atom. The molecule has 0 bridgehead atoms. The van der Waals surface area contributed by atoms with Gasteiger partial charge in [-0.2, -0.15) is 0 Å². The van der Waals surface area contributed by atoms with Gasteiger partial charge in [0.2, 0.25) is 0 Å². The Hall–Kier alpha value is -1.66. The number of aromatic nitrogens is 3. The number of aromatic amines is 1. The highest BCUT2D eigenvalue weighted by Gasteiger charge is 2.13. The predicted octanol–water partition coefficient (Wildman–Crippen LogP) is 1.84. The molecule has 0 aliphatic carbocycles. The number of nitrogens with zero attached hydrogens (tertiary/aromatic N) is 2. The van der Waals surface area contributed by atoms with Crippen molar-refractivity contribution >= 4 is 16.9 Å². The number of nitrogens with two attached hydrogens (primary N) is 1. The first kappa shape index (κ1) is 16.7. The van der Waals surface area contributed by atoms with Crippen molar-refractivity contribution in [1.29, 1.82) is 0 Å². The van der Waals surface area contributed by atoms with Gasteiger partial charge in [-0.15, -0.1) is 0 Å². The summed E-state index contributed by atoms with van der Waals surface area (Å²) in [5, 5.41) is 11.9. The lowest BCUT2D eigenvalue weighted by molar-refractivity contribution is 0.292. The van der Waals surface area contributed by atoms with Crippen LogP contribution in [-0.4, -0.2) is 39.8 Å². The number of unbranched alkanes of at least 4 members (excludes halogenated alkanes) is 3. The van der Waals surface area contributed by atoms with Crippen LogP contribution < -0.4 is 11.1 Å². The van der Waals surface area contributed by atoms with E-state index < -0.39 is 0 Å². The van der Waals surface area contributed by atoms with Gasteiger partial charge in [0.05, 0.1) is 12.1 Å². The van der Waals surface area contributed by atoms with E-state index in [9.17, 15) is 0 Å². The fourth-order valence-corrected chi connectivity index (χ4v) is 2.79. The first-order chi connectivity index (χ1) is 10.6. The molecule has 0 atom stereocenters. The molecule has 0 aliphatic heterocycles. The molecular weight excluding hydrogens is 278 g/mol. The van der Waals surface area contributed by atoms with E-state index in [0.29, 0.717) is 12.4 Å². The molecule has 0 aliphatic rings. The number of aliphatic hydroxyl groups is 1. The van der Waals surface area contributed by atoms with Gasteiger partial charge in [-0.1, -0.05) is 12.8 Å². The van der Waals surface area contributed by atoms with Gasteiger partial charge in [0.15, 0.2) is 5.82 Å². The number of aliphatic hydroxyl groups excluding tert-OH is 1. The number of hydrogen-bond acceptors (Lipinski definition) is 5. The summed E-state index contributed by atoms with van der Waals surface area (Å²) in [4.78, 5) is 12.1. The van der Waals surface area contributed by atoms with E-state index in [1.54, 1.807) is 0 Å². The fraction of sp³-hybridized carbons (Fsp3) is 0.625. The first-order valence-electron chi connectivity index (χ1n) is 8.06. The van der Waals surface area contributed by atoms with Gasteiger partial charge in [0.1, 0.15) is 11.3 Å². The van der Waals surface area contributed by atoms with E-state index in [2.05, 4.69) is 27.2 Å². The Kier molecular flexibility index (Phi) is 6.15. The third-order valence-electron chi connectivity index (χ3n) is 3.92. The number of fused-ring (bicyclic) bond motifs is 1. The smallest absolute Gasteiger partial charge is 0.151 e. The maximum absolute atomic E-state index is 8.68. The van der Waals surface area contributed by atoms with E-state index in [4.69, 9.17) is 10.8 Å². The minimum absolute atomic E-state index is 0.213. The molecule has 2 heterocycles. The van der Waals surface area contributed by atoms with Gasteiger partial charge >= 0.3 is 0 Å². The number of nitrogen functional groups attached to an aromatic ring is 1. The summed E-state index contributed by atoms with van der Waals surface area (Å²) in [6.45, 7) is 5.83. The predicted molar refractivity (Wildman–Crippen MR) is 89.9 cm³/mol. The molecule has 0 fully saturated rings. The Morgan fingerprint density at radius 2 is 1.86 bits per heavy atom. The van der Waals surface area contributed by atoms with Crippen molar-refractivity contribution in [1.82, 2.24) is 20.3 Å². The van der Waals surface area contributed by atoms with E-state index >= 15 is 0 Å². The van der Waals surface area contributed by atoms with E-state index in [1.165, 1.54) is 18.4 Å². The van der Waals surface area contributed by atoms with Gasteiger partial charge < -0.3 is 21.1 Å². The van der Waals surface area contributed by atoms with Gasteiger partial charge in [0, 0.05) is 12.2 Å². The quantitative estimate of drug-likeness (QED) is 0.530. The molecule has 0 saturated carbocycles. The highest BCUT2D eigenvalue weighted by atomic mass is 16.3. The largest absolute Gasteiger partial charge is 0.395 e. The van der Waals surface area contributed by atoms with Crippen LogP contribution in [0.25, 0.3) is 11.0 Å². The fourth-order valence-electron chi connectivity index (χ4n) is 2.79. The minimum atomic E-state index is 0.213. The van der Waals surface area contributed by atoms with Crippen LogP contribution in [0.3, 0.4) is 0 Å². The SMILES string of the molecule is Cc1nc(N)c2[nH]c(C)c(CCCCCCNCCO)c2n1. The minimum Gasteiger partial charge on any atom is -0.395 e. The summed E-state index contributed by atoms with van der Waals surface area (Å²) >= 11 is 0. The number of anilines is 1. The molecule has 22 heavy (non-hydrogen) atoms. The second-order valence-electron chi connectivity index (χ2n) is 5.75. The van der Waals surface area contributed by atoms with Crippen LogP contribution in [-0.2, 0) is 6.42 Å². The second kappa shape index (κ2) is 8.10. The number of nitrogens with one attached hydrogen (secondary N) is 2. The standard InChI is InChI=1S/C16H27N5O/c1-11-13(7-5-3-4-6-8-18-9-10-22)14-15(19-11)16(17)21-12(2)20-14/h18-19,22H,3-10H2,1-2H3,(H2,17,20,21). The van der Waals surface area contributed by atoms with Crippen LogP contribution in [0.5, 0.6) is 0 Å². The molecule has 6 nitrogen and oxygen atoms in total. The molecule has 0 spiro atoms. The lowest BCUT2D eigenvalue weighted by Crippen LogP contribution is -2.19. The van der Waals surface area contributed by atoms with Crippen LogP contribution in [0, 0.1) is 13.8 Å². The summed E-state index contributed by atoms with van der Waals surface area (Å²) in [7, 11) is 0. The van der Waals surface area contributed by atoms with Gasteiger partial charge in [0.25, 0.3) is 0 Å². The third-order valence-corrected chi connectivity index (χ3v) is 3.92. The number of hydrogen-bond donors (Lipinski definition) is 4. The summed E-state index contributed by atoms with van der Waals surface area (Å²) in [5.41, 5.74) is 10.2. The zero-order valence-corrected chi connectivity index (χ0v) is 13.6. The Morgan fingerprint density at radius 1 is 1.09 bits per heavy atom. The first-order valence-corrected chi connectivity index (χ1v) is 8.06. The van der Waals surface area contributed by atoms with Crippen molar-refractivity contribution in [2.75, 3.05) is 25.4 Å². The average Bonchev–Trinajstić information content (AvgIpc) is 2.79. The molecule has 2 aromatic rings. The Labute approximate surface area is 131 Å². The molecule has 5 N–H and O–H groups in total. The van der Waals surface area contributed by atoms with Gasteiger partial charge in [-0.25, -0.2) is 9.97 Å². The van der Waals surface area contributed by atoms with E-state index in [0.717, 1.165) is 48.4 Å². The van der Waals surface area contributed by atoms with Crippen LogP contribution >= 0.6 is 0 Å². The molecule has 0 radical (unpaired) electrons. The van der Waals surface area contributed by atoms with Crippen molar-refractivity contribution in [3.05, 3.63) is 17.1 Å². The van der Waals surface area contributed by atoms with Gasteiger partial charge in [-0.3, -0.25) is 0 Å². The number of aryl methyl sites for hydroxylation is 3. The monoisotopic (exact) mass is 305 g/mol. The molecule has 6 heteroatoms. The molecule has 0 aromatic carbocycles. The summed E-state index contributed by atoms with van der Waals surface area (Å²) < 4.78 is 0. The summed E-state index contributed by atoms with van der Waals surface area (Å²) in [5.74, 6) is 1.26. The normalized spacial score (nSPS) is 11.4. The van der Waals surface area contributed by atoms with Crippen LogP contribution in [0.15, 0.2) is 0 Å². The lowest BCUT2D eigenvalue weighted by atomic mass is 10.1. The molecular formula is C16H27N5O. The molecule has 122 valence electrons. The number of rotatable bonds is 9. The average molecular weight is 305 g/mol. The molecule has 0 unspecified atom stereocenters. The maximum atomic E-state index is 8.68. The summed E-state index contributed by atoms with van der Waals surface area (Å²) in [6.07, 6.45) is 5.73. The van der Waals surface area contributed by atoms with Crippen LogP contribution in [0.4, 0.5) is 5.82 Å². The topological polar surface area (TPSA) is 99.8 Å². The number of H-pyrrole nitrogens is 1. The van der Waals surface area contributed by atoms with E-state index in [-0.39, 0.29) is 6.61 Å². The maximum Gasteiger partial charge on any atom is 0.151 e. The molecule has 0 amide bonds. The Balaban J connectivity index is 1.85. The third kappa shape index (κ3) is 4.18. The van der Waals surface area contributed by atoms with Crippen molar-refractivity contribution in [3.8, 4) is 0 Å². The molecule has 2 rings (SSSR count). The van der Waals surface area contributed by atoms with E-state index in [1.807, 2.05) is 6.92 Å². The van der Waals surface area contributed by atoms with Gasteiger partial charge in [-0.05, 0) is 45.2 Å². The highest BCUT2D eigenvalue weighted by Crippen LogP contribution is 2.25. The zero-order valence-electron chi connectivity index (χ0n) is 13.6. The van der Waals surface area contributed by atoms with Crippen molar-refractivity contribution in [3.63, 3.8) is 0 Å². The molecule has 2 aromatic heterocycles. The van der Waals surface area contributed by atoms with Crippen molar-refractivity contribution < 1.29 is 5.11 Å². The summed E-state index contributed by atoms with van der Waals surface area (Å²) in [6, 6.07) is 0. The lowest BCUT2D eigenvalue weighted by Gasteiger charge is -2.04. The second-order valence-corrected chi connectivity index (χ2v) is 5.75.